The zero-order chi connectivity index (χ0) is 39.6. The Morgan fingerprint density at radius 3 is 2.02 bits per heavy atom. The minimum Gasteiger partial charge on any atom is -0.508 e. The first kappa shape index (κ1) is 37.7. The molecule has 18 heteroatoms. The number of benzene rings is 4. The highest BCUT2D eigenvalue weighted by atomic mass is 16.7. The van der Waals surface area contributed by atoms with Gasteiger partial charge in [0.25, 0.3) is 0 Å². The van der Waals surface area contributed by atoms with E-state index >= 15 is 0 Å². The average molecular weight is 771 g/mol. The van der Waals surface area contributed by atoms with Crippen LogP contribution in [0, 0.1) is 0 Å². The van der Waals surface area contributed by atoms with E-state index in [0.29, 0.717) is 0 Å². The Labute approximate surface area is 310 Å². The van der Waals surface area contributed by atoms with Crippen LogP contribution in [-0.2, 0) is 15.9 Å². The molecule has 3 aliphatic rings. The van der Waals surface area contributed by atoms with Crippen molar-refractivity contribution in [3.63, 3.8) is 0 Å². The molecule has 13 N–H and O–H groups in total. The Bertz CT molecular complexity index is 2080. The van der Waals surface area contributed by atoms with Crippen molar-refractivity contribution in [2.45, 2.75) is 67.5 Å². The van der Waals surface area contributed by atoms with E-state index in [1.165, 1.54) is 31.4 Å². The zero-order valence-corrected chi connectivity index (χ0v) is 28.7. The maximum absolute atomic E-state index is 12.1. The standard InChI is InChI=1S/C37H38O18/c1-51-22-6-12(2-3-16(22)40)35-31(48)28(26-18(42)7-14(39)8-23(26)52-35)27-19(43)10-17(41)15-9-24(53-37-33(50)32(49)30(47)25(11-38)54-37)34(55-36(15)27)13-4-20(44)29(46)21(45)5-13/h2-8,10,24-25,28,30-35,37-50H,9,11H2,1H3/t24?,25-,28?,30-,31?,32+,33-,34?,35?,37-/m1/s1. The van der Waals surface area contributed by atoms with E-state index in [-0.39, 0.29) is 57.2 Å². The molecule has 1 saturated heterocycles. The number of hydrogen-bond donors (Lipinski definition) is 13. The van der Waals surface area contributed by atoms with E-state index in [4.69, 9.17) is 23.7 Å². The van der Waals surface area contributed by atoms with E-state index in [2.05, 4.69) is 0 Å². The highest BCUT2D eigenvalue weighted by Crippen LogP contribution is 2.58. The lowest BCUT2D eigenvalue weighted by atomic mass is 9.77. The fourth-order valence-electron chi connectivity index (χ4n) is 7.39. The first-order valence-corrected chi connectivity index (χ1v) is 16.9. The van der Waals surface area contributed by atoms with Crippen LogP contribution < -0.4 is 14.2 Å². The van der Waals surface area contributed by atoms with Gasteiger partial charge in [-0.25, -0.2) is 0 Å². The fourth-order valence-corrected chi connectivity index (χ4v) is 7.39. The molecule has 10 atom stereocenters. The molecule has 4 aromatic rings. The SMILES string of the molecule is COc1cc(C2Oc3cc(O)cc(O)c3C(c3c(O)cc(O)c4c3OC(c3cc(O)c(O)c(O)c3)C(O[C@@H]3O[C@H](CO)[C@@H](O)[C@H](O)[C@H]3O)C4)C2O)ccc1O. The maximum atomic E-state index is 12.1. The van der Waals surface area contributed by atoms with Gasteiger partial charge in [-0.3, -0.25) is 0 Å². The molecule has 7 rings (SSSR count). The van der Waals surface area contributed by atoms with Crippen LogP contribution in [-0.4, -0.2) is 123 Å². The number of fused-ring (bicyclic) bond motifs is 2. The van der Waals surface area contributed by atoms with Crippen LogP contribution in [0.2, 0.25) is 0 Å². The number of aromatic hydroxyl groups is 8. The van der Waals surface area contributed by atoms with Crippen LogP contribution in [0.15, 0.2) is 48.5 Å². The third-order valence-corrected chi connectivity index (χ3v) is 10.1. The second-order valence-electron chi connectivity index (χ2n) is 13.5. The van der Waals surface area contributed by atoms with Crippen molar-refractivity contribution in [2.24, 2.45) is 0 Å². The molecule has 3 aliphatic heterocycles. The number of phenolic OH excluding ortho intramolecular Hbond substituents is 8. The van der Waals surface area contributed by atoms with Crippen LogP contribution in [0.25, 0.3) is 0 Å². The predicted molar refractivity (Wildman–Crippen MR) is 183 cm³/mol. The highest BCUT2D eigenvalue weighted by molar-refractivity contribution is 5.66. The molecule has 0 spiro atoms. The molecular formula is C37H38O18. The van der Waals surface area contributed by atoms with Gasteiger partial charge < -0.3 is 90.1 Å². The van der Waals surface area contributed by atoms with E-state index < -0.39 is 108 Å². The molecule has 1 fully saturated rings. The van der Waals surface area contributed by atoms with E-state index in [0.717, 1.165) is 24.3 Å². The normalized spacial score (nSPS) is 28.7. The Hall–Kier alpha value is -5.60. The first-order valence-electron chi connectivity index (χ1n) is 16.9. The van der Waals surface area contributed by atoms with Gasteiger partial charge in [0.2, 0.25) is 0 Å². The smallest absolute Gasteiger partial charge is 0.200 e. The lowest BCUT2D eigenvalue weighted by molar-refractivity contribution is -0.317. The Morgan fingerprint density at radius 1 is 0.655 bits per heavy atom. The van der Waals surface area contributed by atoms with E-state index in [1.54, 1.807) is 0 Å². The van der Waals surface area contributed by atoms with Gasteiger partial charge in [0.15, 0.2) is 47.2 Å². The van der Waals surface area contributed by atoms with Gasteiger partial charge in [-0.05, 0) is 29.8 Å². The number of phenols is 8. The molecular weight excluding hydrogens is 732 g/mol. The Morgan fingerprint density at radius 2 is 1.35 bits per heavy atom. The van der Waals surface area contributed by atoms with Crippen LogP contribution in [0.5, 0.6) is 63.2 Å². The molecule has 0 aromatic heterocycles. The van der Waals surface area contributed by atoms with Crippen LogP contribution in [0.1, 0.15) is 45.9 Å². The van der Waals surface area contributed by atoms with Crippen molar-refractivity contribution in [2.75, 3.05) is 13.7 Å². The van der Waals surface area contributed by atoms with Gasteiger partial charge in [-0.2, -0.15) is 0 Å². The molecule has 4 aromatic carbocycles. The number of methoxy groups -OCH3 is 1. The van der Waals surface area contributed by atoms with Gasteiger partial charge in [0, 0.05) is 46.9 Å². The summed E-state index contributed by atoms with van der Waals surface area (Å²) in [6.07, 6.45) is -14.8. The van der Waals surface area contributed by atoms with Crippen LogP contribution >= 0.6 is 0 Å². The fraction of sp³-hybridized carbons (Fsp3) is 0.351. The topological polar surface area (TPSA) is 309 Å². The summed E-state index contributed by atoms with van der Waals surface area (Å²) in [6.45, 7) is -0.779. The monoisotopic (exact) mass is 770 g/mol. The molecule has 0 saturated carbocycles. The van der Waals surface area contributed by atoms with Crippen molar-refractivity contribution < 1.29 is 90.1 Å². The average Bonchev–Trinajstić information content (AvgIpc) is 3.14. The van der Waals surface area contributed by atoms with Gasteiger partial charge in [0.1, 0.15) is 71.1 Å². The summed E-state index contributed by atoms with van der Waals surface area (Å²) in [5.74, 6) is -6.71. The summed E-state index contributed by atoms with van der Waals surface area (Å²) in [5, 5.41) is 139. The molecule has 55 heavy (non-hydrogen) atoms. The lowest BCUT2D eigenvalue weighted by Crippen LogP contribution is -2.60. The quantitative estimate of drug-likeness (QED) is 0.116. The van der Waals surface area contributed by atoms with E-state index in [1.807, 2.05) is 0 Å². The first-order chi connectivity index (χ1) is 26.1. The molecule has 294 valence electrons. The van der Waals surface area contributed by atoms with Crippen molar-refractivity contribution in [3.05, 3.63) is 76.3 Å². The Balaban J connectivity index is 1.39. The number of ether oxygens (including phenoxy) is 5. The second-order valence-corrected chi connectivity index (χ2v) is 13.5. The molecule has 3 heterocycles. The summed E-state index contributed by atoms with van der Waals surface area (Å²) in [7, 11) is 1.31. The van der Waals surface area contributed by atoms with Gasteiger partial charge in [-0.15, -0.1) is 0 Å². The van der Waals surface area contributed by atoms with Crippen LogP contribution in [0.3, 0.4) is 0 Å². The van der Waals surface area contributed by atoms with Gasteiger partial charge >= 0.3 is 0 Å². The number of rotatable bonds is 7. The Kier molecular flexibility index (Phi) is 9.76. The molecule has 0 aliphatic carbocycles. The van der Waals surface area contributed by atoms with Crippen molar-refractivity contribution in [1.29, 1.82) is 0 Å². The molecule has 18 nitrogen and oxygen atoms in total. The van der Waals surface area contributed by atoms with Crippen LogP contribution in [0.4, 0.5) is 0 Å². The van der Waals surface area contributed by atoms with E-state index in [9.17, 15) is 66.4 Å². The third-order valence-electron chi connectivity index (χ3n) is 10.1. The minimum atomic E-state index is -1.88. The highest BCUT2D eigenvalue weighted by Gasteiger charge is 2.49. The summed E-state index contributed by atoms with van der Waals surface area (Å²) >= 11 is 0. The number of aliphatic hydroxyl groups is 5. The number of hydrogen-bond acceptors (Lipinski definition) is 18. The summed E-state index contributed by atoms with van der Waals surface area (Å²) in [4.78, 5) is 0. The van der Waals surface area contributed by atoms with Crippen molar-refractivity contribution in [1.82, 2.24) is 0 Å². The van der Waals surface area contributed by atoms with Crippen molar-refractivity contribution in [3.8, 4) is 63.2 Å². The van der Waals surface area contributed by atoms with Gasteiger partial charge in [-0.1, -0.05) is 6.07 Å². The maximum Gasteiger partial charge on any atom is 0.200 e. The summed E-state index contributed by atoms with van der Waals surface area (Å²) < 4.78 is 29.4. The summed E-state index contributed by atoms with van der Waals surface area (Å²) in [6, 6.07) is 9.22. The van der Waals surface area contributed by atoms with Crippen molar-refractivity contribution >= 4 is 0 Å². The molecule has 0 amide bonds. The molecule has 0 bridgehead atoms. The lowest BCUT2D eigenvalue weighted by Gasteiger charge is -2.44. The molecule has 5 unspecified atom stereocenters. The minimum absolute atomic E-state index is 0.0243. The number of aliphatic hydroxyl groups excluding tert-OH is 5. The second kappa shape index (κ2) is 14.2. The zero-order valence-electron chi connectivity index (χ0n) is 28.7. The largest absolute Gasteiger partial charge is 0.508 e. The third kappa shape index (κ3) is 6.42. The molecule has 0 radical (unpaired) electrons. The summed E-state index contributed by atoms with van der Waals surface area (Å²) in [5.41, 5.74) is -0.209. The van der Waals surface area contributed by atoms with Gasteiger partial charge in [0.05, 0.1) is 19.6 Å². The predicted octanol–water partition coefficient (Wildman–Crippen LogP) is 0.828.